The topological polar surface area (TPSA) is 369 Å². The summed E-state index contributed by atoms with van der Waals surface area (Å²) in [5.74, 6) is -1.83. The van der Waals surface area contributed by atoms with Crippen LogP contribution >= 0.6 is 12.4 Å². The van der Waals surface area contributed by atoms with Gasteiger partial charge in [-0.05, 0) is 161 Å². The van der Waals surface area contributed by atoms with Gasteiger partial charge < -0.3 is 66.1 Å². The van der Waals surface area contributed by atoms with Crippen LogP contribution in [0.2, 0.25) is 0 Å². The second-order valence-corrected chi connectivity index (χ2v) is 30.8. The number of alkyl carbamates (subject to hydrolysis) is 1. The highest BCUT2D eigenvalue weighted by Gasteiger charge is 2.60. The van der Waals surface area contributed by atoms with Gasteiger partial charge in [-0.15, -0.1) is 12.4 Å². The molecule has 2 aromatic carbocycles. The minimum Gasteiger partial charge on any atom is -0.480 e. The highest BCUT2D eigenvalue weighted by Crippen LogP contribution is 2.43. The molecule has 578 valence electrons. The molecule has 5 aliphatic carbocycles. The van der Waals surface area contributed by atoms with Crippen LogP contribution < -0.4 is 32.3 Å². The minimum atomic E-state index is -1.04. The van der Waals surface area contributed by atoms with Crippen molar-refractivity contribution in [3.05, 3.63) is 71.8 Å². The molecule has 6 saturated heterocycles. The van der Waals surface area contributed by atoms with Gasteiger partial charge in [0.15, 0.2) is 0 Å². The Balaban J connectivity index is 0.000000201. The van der Waals surface area contributed by atoms with E-state index in [1.165, 1.54) is 27.1 Å². The molecular weight excluding hydrogens is 1360 g/mol. The van der Waals surface area contributed by atoms with Gasteiger partial charge in [-0.1, -0.05) is 157 Å². The normalized spacial score (nSPS) is 26.8. The highest BCUT2D eigenvalue weighted by molar-refractivity contribution is 6.03. The molecule has 5 saturated carbocycles. The van der Waals surface area contributed by atoms with E-state index in [9.17, 15) is 53.1 Å². The maximum absolute atomic E-state index is 13.6. The Morgan fingerprint density at radius 1 is 0.510 bits per heavy atom. The molecular formula is C77H116ClN9O17. The van der Waals surface area contributed by atoms with Crippen LogP contribution in [0.5, 0.6) is 0 Å². The molecule has 104 heavy (non-hydrogen) atoms. The molecule has 11 aliphatic rings. The SMILES string of the molecule is COC(=O)[C@]1(C)CCCN1.COC(=O)[C@]1(C)CCCN1C(=O)C1(NC(=O)OCc2ccccc2)CCCCC1.C[C@@]12CCCN1C(=O)C1(CCCCC1)NC2=O.C[C@@]12CCCN1C(=O)C1(CCCCC1)NC2=O.Cl.NC1(C(=O)O)CCCCC1.O=C(O)C1(NCc2ccccc2)CCCCC1.O=C=O. The summed E-state index contributed by atoms with van der Waals surface area (Å²) >= 11 is 0. The largest absolute Gasteiger partial charge is 0.480 e. The number of hydrogen-bond acceptors (Lipinski definition) is 18. The predicted molar refractivity (Wildman–Crippen MR) is 388 cm³/mol. The number of carbonyl (C=O) groups is 10. The Morgan fingerprint density at radius 3 is 1.33 bits per heavy atom. The molecule has 2 spiro atoms. The van der Waals surface area contributed by atoms with Gasteiger partial charge in [0.2, 0.25) is 29.5 Å². The number of ether oxygens (including phenoxy) is 3. The first-order chi connectivity index (χ1) is 49.1. The van der Waals surface area contributed by atoms with Crippen molar-refractivity contribution in [3.8, 4) is 0 Å². The van der Waals surface area contributed by atoms with Crippen molar-refractivity contribution in [2.45, 2.75) is 303 Å². The average molecular weight is 1480 g/mol. The van der Waals surface area contributed by atoms with Gasteiger partial charge in [0.25, 0.3) is 0 Å². The molecule has 4 atom stereocenters. The maximum Gasteiger partial charge on any atom is 0.408 e. The lowest BCUT2D eigenvalue weighted by molar-refractivity contribution is -0.192. The molecule has 26 nitrogen and oxygen atoms in total. The number of halogens is 1. The number of benzene rings is 2. The summed E-state index contributed by atoms with van der Waals surface area (Å²) in [5, 5.41) is 33.4. The van der Waals surface area contributed by atoms with Crippen LogP contribution in [0.1, 0.15) is 251 Å². The van der Waals surface area contributed by atoms with E-state index in [2.05, 4.69) is 31.3 Å². The van der Waals surface area contributed by atoms with Crippen LogP contribution in [0.15, 0.2) is 60.7 Å². The van der Waals surface area contributed by atoms with Crippen molar-refractivity contribution in [2.24, 2.45) is 5.73 Å². The van der Waals surface area contributed by atoms with Crippen molar-refractivity contribution in [3.63, 3.8) is 0 Å². The first-order valence-corrected chi connectivity index (χ1v) is 37.6. The summed E-state index contributed by atoms with van der Waals surface area (Å²) in [6.07, 6.45) is 29.0. The summed E-state index contributed by atoms with van der Waals surface area (Å²) in [6, 6.07) is 19.4. The number of esters is 2. The fraction of sp³-hybridized carbons (Fsp3) is 0.701. The third-order valence-corrected chi connectivity index (χ3v) is 23.6. The van der Waals surface area contributed by atoms with E-state index < -0.39 is 73.9 Å². The third kappa shape index (κ3) is 20.1. The smallest absolute Gasteiger partial charge is 0.408 e. The van der Waals surface area contributed by atoms with E-state index in [-0.39, 0.29) is 60.7 Å². The summed E-state index contributed by atoms with van der Waals surface area (Å²) in [6.45, 7) is 11.1. The van der Waals surface area contributed by atoms with Crippen molar-refractivity contribution < 1.29 is 82.0 Å². The molecule has 0 unspecified atom stereocenters. The second-order valence-electron chi connectivity index (χ2n) is 30.8. The van der Waals surface area contributed by atoms with E-state index >= 15 is 0 Å². The Hall–Kier alpha value is -7.51. The number of aliphatic carboxylic acids is 2. The predicted octanol–water partition coefficient (Wildman–Crippen LogP) is 9.01. The Morgan fingerprint density at radius 2 is 0.923 bits per heavy atom. The fourth-order valence-electron chi connectivity index (χ4n) is 17.0. The average Bonchev–Trinajstić information content (AvgIpc) is 1.46. The molecule has 6 amide bonds. The number of methoxy groups -OCH3 is 2. The van der Waals surface area contributed by atoms with Gasteiger partial charge in [0.05, 0.1) is 14.2 Å². The quantitative estimate of drug-likeness (QED) is 0.0768. The fourth-order valence-corrected chi connectivity index (χ4v) is 17.0. The molecule has 6 aliphatic heterocycles. The zero-order valence-electron chi connectivity index (χ0n) is 62.2. The van der Waals surface area contributed by atoms with E-state index in [0.29, 0.717) is 45.2 Å². The van der Waals surface area contributed by atoms with E-state index in [4.69, 9.17) is 29.9 Å². The lowest BCUT2D eigenvalue weighted by atomic mass is 9.77. The van der Waals surface area contributed by atoms with Gasteiger partial charge in [0, 0.05) is 26.2 Å². The van der Waals surface area contributed by atoms with Gasteiger partial charge in [0.1, 0.15) is 56.5 Å². The molecule has 27 heteroatoms. The molecule has 11 fully saturated rings. The van der Waals surface area contributed by atoms with Crippen molar-refractivity contribution in [1.82, 2.24) is 41.3 Å². The number of carboxylic acid groups (broad SMARTS) is 2. The molecule has 0 bridgehead atoms. The number of rotatable bonds is 11. The number of nitrogens with one attached hydrogen (secondary N) is 5. The molecule has 6 heterocycles. The number of hydrogen-bond donors (Lipinski definition) is 8. The molecule has 2 aromatic rings. The van der Waals surface area contributed by atoms with Gasteiger partial charge in [-0.25, -0.2) is 9.59 Å². The highest BCUT2D eigenvalue weighted by atomic mass is 35.5. The summed E-state index contributed by atoms with van der Waals surface area (Å²) in [7, 11) is 2.76. The van der Waals surface area contributed by atoms with Crippen LogP contribution in [-0.4, -0.2) is 181 Å². The first-order valence-electron chi connectivity index (χ1n) is 37.6. The van der Waals surface area contributed by atoms with E-state index in [1.54, 1.807) is 11.8 Å². The third-order valence-electron chi connectivity index (χ3n) is 23.6. The molecule has 0 radical (unpaired) electrons. The van der Waals surface area contributed by atoms with Crippen molar-refractivity contribution >= 4 is 78.1 Å². The molecule has 13 rings (SSSR count). The minimum absolute atomic E-state index is 0. The standard InChI is InChI=1S/C22H30N2O5.C14H19NO2.2C13H20N2O2.2C7H13NO2.CO2.ClH/c1-21(19(26)28-2)12-9-15-24(21)18(25)22(13-7-4-8-14-22)23-20(27)29-16-17-10-5-3-6-11-17;16-13(17)14(9-5-2-6-10-14)15-11-12-7-3-1-4-8-12;2*1-12-6-5-9-15(12)11(17)13(14-10(12)16)7-3-2-4-8-13;1-7(6(9)10-2)4-3-5-8-7;8-7(6(9)10)4-2-1-3-5-7;2-1-3;/h3,5-6,10-11H,4,7-9,12-16H2,1-2H3,(H,23,27);1,3-4,7-8,15H,2,5-6,9-11H2,(H,16,17);2*2-9H2,1H3,(H,14,16);8H,3-5H2,1-2H3;1-5,8H2,(H,9,10);;1H/t21-;;2*12-;7-;;;/m0.000.../s1. The zero-order chi connectivity index (χ0) is 75.2. The van der Waals surface area contributed by atoms with Crippen molar-refractivity contribution in [1.29, 1.82) is 0 Å². The van der Waals surface area contributed by atoms with Gasteiger partial charge in [-0.3, -0.25) is 43.7 Å². The van der Waals surface area contributed by atoms with E-state index in [0.717, 1.165) is 198 Å². The number of carbonyl (C=O) groups excluding carboxylic acids is 10. The second kappa shape index (κ2) is 38.2. The number of carboxylic acids is 2. The zero-order valence-corrected chi connectivity index (χ0v) is 63.0. The van der Waals surface area contributed by atoms with Crippen LogP contribution in [0.4, 0.5) is 4.79 Å². The summed E-state index contributed by atoms with van der Waals surface area (Å²) < 4.78 is 15.0. The van der Waals surface area contributed by atoms with Crippen molar-refractivity contribution in [2.75, 3.05) is 40.4 Å². The van der Waals surface area contributed by atoms with Crippen LogP contribution in [0, 0.1) is 0 Å². The number of piperazine rings is 2. The lowest BCUT2D eigenvalue weighted by Crippen LogP contribution is -2.73. The summed E-state index contributed by atoms with van der Waals surface area (Å²) in [5.41, 5.74) is 1.32. The first kappa shape index (κ1) is 85.4. The lowest BCUT2D eigenvalue weighted by Gasteiger charge is -2.49. The Bertz CT molecular complexity index is 3190. The number of fused-ring (bicyclic) bond motifs is 2. The van der Waals surface area contributed by atoms with Crippen LogP contribution in [0.25, 0.3) is 0 Å². The van der Waals surface area contributed by atoms with Crippen LogP contribution in [0.3, 0.4) is 0 Å². The Labute approximate surface area is 619 Å². The van der Waals surface area contributed by atoms with Gasteiger partial charge in [-0.2, -0.15) is 9.59 Å². The Kier molecular flexibility index (Phi) is 31.3. The number of amides is 6. The summed E-state index contributed by atoms with van der Waals surface area (Å²) in [4.78, 5) is 143. The maximum atomic E-state index is 13.6. The van der Waals surface area contributed by atoms with Gasteiger partial charge >= 0.3 is 36.1 Å². The molecule has 9 N–H and O–H groups in total. The van der Waals surface area contributed by atoms with Crippen LogP contribution in [-0.2, 0) is 80.1 Å². The number of nitrogens with two attached hydrogens (primary N) is 1. The number of nitrogens with zero attached hydrogens (tertiary/aromatic N) is 3. The number of likely N-dealkylation sites (tertiary alicyclic amines) is 1. The van der Waals surface area contributed by atoms with E-state index in [1.807, 2.05) is 91.2 Å². The molecule has 0 aromatic heterocycles. The monoisotopic (exact) mass is 1470 g/mol.